The van der Waals surface area contributed by atoms with Gasteiger partial charge in [0.05, 0.1) is 0 Å². The lowest BCUT2D eigenvalue weighted by atomic mass is 9.81. The van der Waals surface area contributed by atoms with Crippen LogP contribution in [0.3, 0.4) is 0 Å². The fourth-order valence-corrected chi connectivity index (χ4v) is 3.27. The van der Waals surface area contributed by atoms with E-state index in [1.807, 2.05) is 0 Å². The third-order valence-corrected chi connectivity index (χ3v) is 3.82. The highest BCUT2D eigenvalue weighted by atomic mass is 16.2. The van der Waals surface area contributed by atoms with E-state index in [2.05, 4.69) is 10.6 Å². The summed E-state index contributed by atoms with van der Waals surface area (Å²) in [5.74, 6) is 0.961. The van der Waals surface area contributed by atoms with Crippen molar-refractivity contribution in [1.82, 2.24) is 10.6 Å². The summed E-state index contributed by atoms with van der Waals surface area (Å²) in [6.07, 6.45) is 4.30. The van der Waals surface area contributed by atoms with Gasteiger partial charge >= 0.3 is 6.03 Å². The molecule has 0 aromatic carbocycles. The Balaban J connectivity index is 1.98. The van der Waals surface area contributed by atoms with Gasteiger partial charge in [0.25, 0.3) is 5.91 Å². The summed E-state index contributed by atoms with van der Waals surface area (Å²) in [5.41, 5.74) is -0.514. The summed E-state index contributed by atoms with van der Waals surface area (Å²) >= 11 is 0. The van der Waals surface area contributed by atoms with E-state index < -0.39 is 5.54 Å². The molecule has 2 bridgehead atoms. The molecule has 3 atom stereocenters. The van der Waals surface area contributed by atoms with Gasteiger partial charge in [0.2, 0.25) is 0 Å². The maximum atomic E-state index is 11.6. The van der Waals surface area contributed by atoms with Crippen LogP contribution in [-0.4, -0.2) is 17.5 Å². The van der Waals surface area contributed by atoms with Crippen molar-refractivity contribution in [2.45, 2.75) is 31.2 Å². The standard InChI is InChI=1S/C9H12N2O2/c12-7-9(11-8(13)10-7)4-5-1-2-6(9)3-5/h5-6H,1-4H2,(H2,10,11,12,13)/t5-,6+,9+/m1/s1. The topological polar surface area (TPSA) is 58.2 Å². The number of imide groups is 1. The lowest BCUT2D eigenvalue weighted by Gasteiger charge is -2.30. The predicted octanol–water partition coefficient (Wildman–Crippen LogP) is 0.385. The van der Waals surface area contributed by atoms with Crippen molar-refractivity contribution in [2.24, 2.45) is 11.8 Å². The zero-order chi connectivity index (χ0) is 9.05. The quantitative estimate of drug-likeness (QED) is 0.530. The lowest BCUT2D eigenvalue weighted by Crippen LogP contribution is -2.51. The van der Waals surface area contributed by atoms with Crippen molar-refractivity contribution in [1.29, 1.82) is 0 Å². The number of rotatable bonds is 0. The molecule has 1 spiro atoms. The van der Waals surface area contributed by atoms with Crippen LogP contribution in [0.1, 0.15) is 25.7 Å². The Morgan fingerprint density at radius 3 is 2.62 bits per heavy atom. The van der Waals surface area contributed by atoms with Gasteiger partial charge in [0.1, 0.15) is 5.54 Å². The van der Waals surface area contributed by atoms with Gasteiger partial charge in [0.15, 0.2) is 0 Å². The number of carbonyl (C=O) groups is 2. The summed E-state index contributed by atoms with van der Waals surface area (Å²) in [6.45, 7) is 0. The van der Waals surface area contributed by atoms with Gasteiger partial charge in [0, 0.05) is 0 Å². The second kappa shape index (κ2) is 2.05. The van der Waals surface area contributed by atoms with E-state index in [0.717, 1.165) is 19.3 Å². The zero-order valence-electron chi connectivity index (χ0n) is 7.30. The second-order valence-corrected chi connectivity index (χ2v) is 4.46. The van der Waals surface area contributed by atoms with Gasteiger partial charge in [-0.15, -0.1) is 0 Å². The summed E-state index contributed by atoms with van der Waals surface area (Å²) in [4.78, 5) is 22.7. The summed E-state index contributed by atoms with van der Waals surface area (Å²) in [6, 6.07) is -0.308. The summed E-state index contributed by atoms with van der Waals surface area (Å²) in [5, 5.41) is 5.16. The largest absolute Gasteiger partial charge is 0.323 e. The SMILES string of the molecule is O=C1NC(=O)[C@@]2(C[C@@H]3CC[C@H]2C3)N1. The van der Waals surface area contributed by atoms with Crippen molar-refractivity contribution in [3.63, 3.8) is 0 Å². The zero-order valence-corrected chi connectivity index (χ0v) is 7.30. The number of nitrogens with one attached hydrogen (secondary N) is 2. The molecule has 0 aromatic rings. The van der Waals surface area contributed by atoms with E-state index in [4.69, 9.17) is 0 Å². The highest BCUT2D eigenvalue weighted by Gasteiger charge is 2.59. The van der Waals surface area contributed by atoms with Crippen LogP contribution in [0.2, 0.25) is 0 Å². The van der Waals surface area contributed by atoms with Crippen molar-refractivity contribution >= 4 is 11.9 Å². The molecule has 13 heavy (non-hydrogen) atoms. The summed E-state index contributed by atoms with van der Waals surface area (Å²) < 4.78 is 0. The van der Waals surface area contributed by atoms with Crippen LogP contribution in [0.15, 0.2) is 0 Å². The first-order valence-electron chi connectivity index (χ1n) is 4.84. The molecule has 2 saturated carbocycles. The second-order valence-electron chi connectivity index (χ2n) is 4.46. The first-order chi connectivity index (χ1) is 6.21. The minimum Gasteiger partial charge on any atom is -0.323 e. The van der Waals surface area contributed by atoms with E-state index in [0.29, 0.717) is 11.8 Å². The first kappa shape index (κ1) is 7.35. The van der Waals surface area contributed by atoms with Crippen LogP contribution in [0.25, 0.3) is 0 Å². The maximum absolute atomic E-state index is 11.6. The van der Waals surface area contributed by atoms with E-state index in [1.54, 1.807) is 0 Å². The Morgan fingerprint density at radius 2 is 2.15 bits per heavy atom. The molecular formula is C9H12N2O2. The predicted molar refractivity (Wildman–Crippen MR) is 44.9 cm³/mol. The number of fused-ring (bicyclic) bond motifs is 3. The van der Waals surface area contributed by atoms with Gasteiger partial charge in [-0.25, -0.2) is 4.79 Å². The lowest BCUT2D eigenvalue weighted by molar-refractivity contribution is -0.125. The van der Waals surface area contributed by atoms with Crippen molar-refractivity contribution < 1.29 is 9.59 Å². The molecule has 1 saturated heterocycles. The van der Waals surface area contributed by atoms with E-state index in [-0.39, 0.29) is 11.9 Å². The molecule has 4 heteroatoms. The smallest absolute Gasteiger partial charge is 0.322 e. The molecule has 4 nitrogen and oxygen atoms in total. The molecule has 0 aromatic heterocycles. The van der Waals surface area contributed by atoms with Crippen molar-refractivity contribution in [3.05, 3.63) is 0 Å². The van der Waals surface area contributed by atoms with Gasteiger partial charge in [-0.2, -0.15) is 0 Å². The van der Waals surface area contributed by atoms with Crippen LogP contribution in [0.5, 0.6) is 0 Å². The monoisotopic (exact) mass is 180 g/mol. The Morgan fingerprint density at radius 1 is 1.31 bits per heavy atom. The number of hydrogen-bond donors (Lipinski definition) is 2. The van der Waals surface area contributed by atoms with Crippen molar-refractivity contribution in [3.8, 4) is 0 Å². The maximum Gasteiger partial charge on any atom is 0.322 e. The minimum atomic E-state index is -0.514. The third-order valence-electron chi connectivity index (χ3n) is 3.82. The van der Waals surface area contributed by atoms with E-state index in [9.17, 15) is 9.59 Å². The van der Waals surface area contributed by atoms with Crippen LogP contribution in [-0.2, 0) is 4.79 Å². The average Bonchev–Trinajstić information content (AvgIpc) is 2.68. The van der Waals surface area contributed by atoms with Crippen LogP contribution >= 0.6 is 0 Å². The van der Waals surface area contributed by atoms with Crippen LogP contribution < -0.4 is 10.6 Å². The molecule has 3 amide bonds. The van der Waals surface area contributed by atoms with Gasteiger partial charge in [-0.1, -0.05) is 0 Å². The molecule has 3 fully saturated rings. The molecule has 1 aliphatic heterocycles. The molecule has 1 heterocycles. The molecule has 3 aliphatic rings. The fraction of sp³-hybridized carbons (Fsp3) is 0.778. The highest BCUT2D eigenvalue weighted by molar-refractivity contribution is 6.07. The van der Waals surface area contributed by atoms with E-state index >= 15 is 0 Å². The molecule has 0 unspecified atom stereocenters. The number of urea groups is 1. The number of hydrogen-bond acceptors (Lipinski definition) is 2. The normalized spacial score (nSPS) is 47.1. The summed E-state index contributed by atoms with van der Waals surface area (Å²) in [7, 11) is 0. The minimum absolute atomic E-state index is 0.0929. The Labute approximate surface area is 76.1 Å². The molecule has 0 radical (unpaired) electrons. The van der Waals surface area contributed by atoms with Gasteiger partial charge in [-0.05, 0) is 37.5 Å². The van der Waals surface area contributed by atoms with Crippen molar-refractivity contribution in [2.75, 3.05) is 0 Å². The van der Waals surface area contributed by atoms with E-state index in [1.165, 1.54) is 6.42 Å². The Bertz CT molecular complexity index is 302. The first-order valence-corrected chi connectivity index (χ1v) is 4.84. The number of amides is 3. The molecule has 2 N–H and O–H groups in total. The third kappa shape index (κ3) is 0.759. The van der Waals surface area contributed by atoms with Gasteiger partial charge < -0.3 is 5.32 Å². The average molecular weight is 180 g/mol. The Hall–Kier alpha value is -1.06. The highest BCUT2D eigenvalue weighted by Crippen LogP contribution is 2.51. The molecular weight excluding hydrogens is 168 g/mol. The molecule has 70 valence electrons. The number of carbonyl (C=O) groups excluding carboxylic acids is 2. The fourth-order valence-electron chi connectivity index (χ4n) is 3.27. The van der Waals surface area contributed by atoms with Crippen LogP contribution in [0.4, 0.5) is 4.79 Å². The molecule has 3 rings (SSSR count). The van der Waals surface area contributed by atoms with Crippen LogP contribution in [0, 0.1) is 11.8 Å². The van der Waals surface area contributed by atoms with Gasteiger partial charge in [-0.3, -0.25) is 10.1 Å². The Kier molecular flexibility index (Phi) is 1.16. The molecule has 2 aliphatic carbocycles.